The number of hydrogen-bond donors (Lipinski definition) is 2. The summed E-state index contributed by atoms with van der Waals surface area (Å²) in [6.07, 6.45) is 3.55. The summed E-state index contributed by atoms with van der Waals surface area (Å²) in [5.41, 5.74) is 5.48. The number of para-hydroxylation sites is 1. The summed E-state index contributed by atoms with van der Waals surface area (Å²) in [5.74, 6) is 0. The maximum atomic E-state index is 12.9. The summed E-state index contributed by atoms with van der Waals surface area (Å²) in [7, 11) is 0. The molecule has 0 saturated carbocycles. The van der Waals surface area contributed by atoms with Crippen LogP contribution in [-0.2, 0) is 12.8 Å². The van der Waals surface area contributed by atoms with E-state index in [-0.39, 0.29) is 6.03 Å². The van der Waals surface area contributed by atoms with Crippen molar-refractivity contribution < 1.29 is 4.79 Å². The van der Waals surface area contributed by atoms with E-state index in [0.717, 1.165) is 60.6 Å². The molecule has 5 heteroatoms. The van der Waals surface area contributed by atoms with Crippen molar-refractivity contribution in [2.75, 3.05) is 23.7 Å². The minimum absolute atomic E-state index is 0.0268. The molecule has 0 spiro atoms. The van der Waals surface area contributed by atoms with E-state index in [2.05, 4.69) is 55.7 Å². The van der Waals surface area contributed by atoms with Gasteiger partial charge in [0.25, 0.3) is 0 Å². The van der Waals surface area contributed by atoms with Gasteiger partial charge in [0.15, 0.2) is 0 Å². The van der Waals surface area contributed by atoms with Gasteiger partial charge in [0.1, 0.15) is 0 Å². The Balaban J connectivity index is 1.62. The SMILES string of the molecule is CCc1ccc(Cl)c(CC)c1NC(=O)N1CCC(Nc2ccccc2C)CC1. The van der Waals surface area contributed by atoms with Crippen molar-refractivity contribution in [3.63, 3.8) is 0 Å². The van der Waals surface area contributed by atoms with E-state index >= 15 is 0 Å². The largest absolute Gasteiger partial charge is 0.382 e. The van der Waals surface area contributed by atoms with Gasteiger partial charge in [-0.15, -0.1) is 0 Å². The Labute approximate surface area is 173 Å². The fraction of sp³-hybridized carbons (Fsp3) is 0.435. The lowest BCUT2D eigenvalue weighted by Crippen LogP contribution is -2.44. The van der Waals surface area contributed by atoms with Crippen molar-refractivity contribution in [1.82, 2.24) is 4.90 Å². The van der Waals surface area contributed by atoms with Gasteiger partial charge < -0.3 is 15.5 Å². The highest BCUT2D eigenvalue weighted by Crippen LogP contribution is 2.30. The third-order valence-corrected chi connectivity index (χ3v) is 5.95. The Kier molecular flexibility index (Phi) is 6.84. The molecule has 2 aromatic carbocycles. The molecule has 2 amide bonds. The summed E-state index contributed by atoms with van der Waals surface area (Å²) in [5, 5.41) is 7.49. The van der Waals surface area contributed by atoms with Gasteiger partial charge in [-0.05, 0) is 61.4 Å². The lowest BCUT2D eigenvalue weighted by atomic mass is 10.0. The third kappa shape index (κ3) is 4.61. The zero-order valence-corrected chi connectivity index (χ0v) is 17.8. The number of aryl methyl sites for hydroxylation is 2. The number of hydrogen-bond acceptors (Lipinski definition) is 2. The molecule has 0 atom stereocenters. The first kappa shape index (κ1) is 20.5. The second-order valence-electron chi connectivity index (χ2n) is 7.42. The van der Waals surface area contributed by atoms with Crippen molar-refractivity contribution in [2.45, 2.75) is 52.5 Å². The molecular weight excluding hydrogens is 370 g/mol. The summed E-state index contributed by atoms with van der Waals surface area (Å²) >= 11 is 6.36. The monoisotopic (exact) mass is 399 g/mol. The normalized spacial score (nSPS) is 14.8. The van der Waals surface area contributed by atoms with Crippen LogP contribution >= 0.6 is 11.6 Å². The quantitative estimate of drug-likeness (QED) is 0.659. The van der Waals surface area contributed by atoms with Gasteiger partial charge in [0.2, 0.25) is 0 Å². The van der Waals surface area contributed by atoms with Crippen molar-refractivity contribution in [2.24, 2.45) is 0 Å². The number of amides is 2. The number of anilines is 2. The van der Waals surface area contributed by atoms with Gasteiger partial charge in [-0.2, -0.15) is 0 Å². The topological polar surface area (TPSA) is 44.4 Å². The van der Waals surface area contributed by atoms with Crippen LogP contribution in [0.25, 0.3) is 0 Å². The van der Waals surface area contributed by atoms with Crippen LogP contribution in [0.4, 0.5) is 16.2 Å². The summed E-state index contributed by atoms with van der Waals surface area (Å²) < 4.78 is 0. The molecule has 1 aliphatic heterocycles. The van der Waals surface area contributed by atoms with E-state index in [1.165, 1.54) is 11.3 Å². The van der Waals surface area contributed by atoms with E-state index in [1.807, 2.05) is 17.0 Å². The van der Waals surface area contributed by atoms with Gasteiger partial charge in [-0.25, -0.2) is 4.79 Å². The number of carbonyl (C=O) groups excluding carboxylic acids is 1. The Hall–Kier alpha value is -2.20. The van der Waals surface area contributed by atoms with Gasteiger partial charge in [-0.3, -0.25) is 0 Å². The molecule has 0 bridgehead atoms. The number of urea groups is 1. The summed E-state index contributed by atoms with van der Waals surface area (Å²) in [4.78, 5) is 14.8. The first-order valence-electron chi connectivity index (χ1n) is 10.2. The highest BCUT2D eigenvalue weighted by Gasteiger charge is 2.24. The van der Waals surface area contributed by atoms with Crippen molar-refractivity contribution >= 4 is 29.0 Å². The van der Waals surface area contributed by atoms with E-state index < -0.39 is 0 Å². The summed E-state index contributed by atoms with van der Waals surface area (Å²) in [6.45, 7) is 7.78. The first-order chi connectivity index (χ1) is 13.5. The zero-order chi connectivity index (χ0) is 20.1. The maximum Gasteiger partial charge on any atom is 0.321 e. The standard InChI is InChI=1S/C23H30ClN3O/c1-4-17-10-11-20(24)19(5-2)22(17)26-23(28)27-14-12-18(13-15-27)25-21-9-7-6-8-16(21)3/h6-11,18,25H,4-5,12-15H2,1-3H3,(H,26,28). The number of nitrogens with zero attached hydrogens (tertiary/aromatic N) is 1. The van der Waals surface area contributed by atoms with Crippen LogP contribution in [0.15, 0.2) is 36.4 Å². The van der Waals surface area contributed by atoms with Crippen LogP contribution in [-0.4, -0.2) is 30.1 Å². The molecule has 2 aromatic rings. The second kappa shape index (κ2) is 9.33. The Morgan fingerprint density at radius 2 is 1.82 bits per heavy atom. The predicted octanol–water partition coefficient (Wildman–Crippen LogP) is 5.88. The molecule has 0 aliphatic carbocycles. The van der Waals surface area contributed by atoms with Crippen LogP contribution in [0.3, 0.4) is 0 Å². The molecule has 0 unspecified atom stereocenters. The van der Waals surface area contributed by atoms with E-state index in [9.17, 15) is 4.79 Å². The Morgan fingerprint density at radius 3 is 2.46 bits per heavy atom. The molecule has 0 radical (unpaired) electrons. The third-order valence-electron chi connectivity index (χ3n) is 5.60. The average molecular weight is 400 g/mol. The highest BCUT2D eigenvalue weighted by molar-refractivity contribution is 6.32. The molecule has 1 saturated heterocycles. The molecule has 2 N–H and O–H groups in total. The molecule has 4 nitrogen and oxygen atoms in total. The van der Waals surface area contributed by atoms with Crippen LogP contribution in [0.1, 0.15) is 43.4 Å². The molecule has 28 heavy (non-hydrogen) atoms. The Morgan fingerprint density at radius 1 is 1.11 bits per heavy atom. The number of benzene rings is 2. The van der Waals surface area contributed by atoms with Crippen LogP contribution in [0.5, 0.6) is 0 Å². The number of carbonyl (C=O) groups is 1. The van der Waals surface area contributed by atoms with Crippen LogP contribution in [0.2, 0.25) is 5.02 Å². The van der Waals surface area contributed by atoms with Gasteiger partial charge >= 0.3 is 6.03 Å². The van der Waals surface area contributed by atoms with Gasteiger partial charge in [0.05, 0.1) is 5.69 Å². The van der Waals surface area contributed by atoms with Crippen molar-refractivity contribution in [3.05, 3.63) is 58.1 Å². The number of halogens is 1. The van der Waals surface area contributed by atoms with Crippen molar-refractivity contribution in [3.8, 4) is 0 Å². The molecule has 150 valence electrons. The minimum atomic E-state index is -0.0268. The minimum Gasteiger partial charge on any atom is -0.382 e. The average Bonchev–Trinajstić information content (AvgIpc) is 2.70. The first-order valence-corrected chi connectivity index (χ1v) is 10.6. The van der Waals surface area contributed by atoms with Gasteiger partial charge in [-0.1, -0.05) is 49.7 Å². The lowest BCUT2D eigenvalue weighted by Gasteiger charge is -2.33. The van der Waals surface area contributed by atoms with E-state index in [1.54, 1.807) is 0 Å². The van der Waals surface area contributed by atoms with Crippen LogP contribution in [0, 0.1) is 6.92 Å². The van der Waals surface area contributed by atoms with Crippen molar-refractivity contribution in [1.29, 1.82) is 0 Å². The smallest absolute Gasteiger partial charge is 0.321 e. The predicted molar refractivity (Wildman–Crippen MR) is 119 cm³/mol. The van der Waals surface area contributed by atoms with Gasteiger partial charge in [0, 0.05) is 29.8 Å². The van der Waals surface area contributed by atoms with Crippen LogP contribution < -0.4 is 10.6 Å². The lowest BCUT2D eigenvalue weighted by molar-refractivity contribution is 0.197. The molecule has 0 aromatic heterocycles. The number of rotatable bonds is 5. The zero-order valence-electron chi connectivity index (χ0n) is 17.0. The second-order valence-corrected chi connectivity index (χ2v) is 7.83. The molecule has 1 fully saturated rings. The van der Waals surface area contributed by atoms with E-state index in [4.69, 9.17) is 11.6 Å². The molecule has 3 rings (SSSR count). The number of nitrogens with one attached hydrogen (secondary N) is 2. The molecule has 1 heterocycles. The van der Waals surface area contributed by atoms with E-state index in [0.29, 0.717) is 6.04 Å². The number of likely N-dealkylation sites (tertiary alicyclic amines) is 1. The maximum absolute atomic E-state index is 12.9. The fourth-order valence-corrected chi connectivity index (χ4v) is 4.13. The molecule has 1 aliphatic rings. The summed E-state index contributed by atoms with van der Waals surface area (Å²) in [6, 6.07) is 12.7. The fourth-order valence-electron chi connectivity index (χ4n) is 3.83. The Bertz CT molecular complexity index is 829. The number of piperidine rings is 1. The molecular formula is C23H30ClN3O. The highest BCUT2D eigenvalue weighted by atomic mass is 35.5.